The molecule has 3 amide bonds. The Hall–Kier alpha value is -4.01. The van der Waals surface area contributed by atoms with Crippen molar-refractivity contribution in [2.75, 3.05) is 31.5 Å². The van der Waals surface area contributed by atoms with Crippen molar-refractivity contribution in [3.8, 4) is 11.3 Å². The number of benzene rings is 1. The van der Waals surface area contributed by atoms with E-state index in [1.54, 1.807) is 40.4 Å². The molecule has 0 spiro atoms. The highest BCUT2D eigenvalue weighted by atomic mass is 16.2. The second-order valence-corrected chi connectivity index (χ2v) is 7.70. The van der Waals surface area contributed by atoms with Crippen LogP contribution in [0, 0.1) is 6.92 Å². The highest BCUT2D eigenvalue weighted by molar-refractivity contribution is 5.98. The van der Waals surface area contributed by atoms with Crippen LogP contribution in [-0.2, 0) is 4.79 Å². The Morgan fingerprint density at radius 2 is 1.59 bits per heavy atom. The van der Waals surface area contributed by atoms with Crippen LogP contribution >= 0.6 is 0 Å². The number of anilines is 1. The maximum atomic E-state index is 12.9. The molecule has 32 heavy (non-hydrogen) atoms. The monoisotopic (exact) mass is 432 g/mol. The minimum absolute atomic E-state index is 0.120. The predicted octanol–water partition coefficient (Wildman–Crippen LogP) is 2.34. The summed E-state index contributed by atoms with van der Waals surface area (Å²) >= 11 is 0. The lowest BCUT2D eigenvalue weighted by Crippen LogP contribution is -2.50. The molecule has 0 saturated carbocycles. The zero-order chi connectivity index (χ0) is 22.7. The third kappa shape index (κ3) is 4.51. The highest BCUT2D eigenvalue weighted by Gasteiger charge is 2.27. The van der Waals surface area contributed by atoms with Crippen LogP contribution in [0.1, 0.15) is 33.3 Å². The number of amides is 3. The first-order valence-corrected chi connectivity index (χ1v) is 10.3. The van der Waals surface area contributed by atoms with Crippen molar-refractivity contribution >= 4 is 23.4 Å². The molecule has 1 aromatic carbocycles. The molecule has 1 aliphatic heterocycles. The molecule has 9 nitrogen and oxygen atoms in total. The number of hydrogen-bond donors (Lipinski definition) is 2. The Morgan fingerprint density at radius 1 is 0.938 bits per heavy atom. The Bertz CT molecular complexity index is 1150. The van der Waals surface area contributed by atoms with Gasteiger partial charge in [0, 0.05) is 62.3 Å². The largest absolute Gasteiger partial charge is 0.335 e. The van der Waals surface area contributed by atoms with Gasteiger partial charge in [0.15, 0.2) is 0 Å². The molecule has 9 heteroatoms. The van der Waals surface area contributed by atoms with Crippen LogP contribution in [0.25, 0.3) is 11.3 Å². The fourth-order valence-electron chi connectivity index (χ4n) is 3.65. The van der Waals surface area contributed by atoms with Crippen molar-refractivity contribution in [2.24, 2.45) is 0 Å². The lowest BCUT2D eigenvalue weighted by Gasteiger charge is -2.34. The SMILES string of the molecule is CC(=O)Nc1cc(C(=O)N2CCN(C(=O)c3cc(-c4ccncc4)n[nH]3)CC2)ccc1C. The molecule has 0 aliphatic carbocycles. The van der Waals surface area contributed by atoms with E-state index in [1.165, 1.54) is 6.92 Å². The number of carbonyl (C=O) groups is 3. The molecule has 1 aliphatic rings. The summed E-state index contributed by atoms with van der Waals surface area (Å²) in [7, 11) is 0. The average molecular weight is 432 g/mol. The molecule has 2 aromatic heterocycles. The molecular formula is C23H24N6O3. The molecule has 1 fully saturated rings. The summed E-state index contributed by atoms with van der Waals surface area (Å²) in [5.74, 6) is -0.450. The quantitative estimate of drug-likeness (QED) is 0.657. The maximum Gasteiger partial charge on any atom is 0.272 e. The summed E-state index contributed by atoms with van der Waals surface area (Å²) in [5, 5.41) is 9.79. The van der Waals surface area contributed by atoms with E-state index in [2.05, 4.69) is 20.5 Å². The van der Waals surface area contributed by atoms with Gasteiger partial charge in [0.25, 0.3) is 11.8 Å². The molecule has 4 rings (SSSR count). The smallest absolute Gasteiger partial charge is 0.272 e. The molecule has 2 N–H and O–H groups in total. The number of aromatic amines is 1. The second kappa shape index (κ2) is 9.01. The normalized spacial score (nSPS) is 13.7. The van der Waals surface area contributed by atoms with Crippen LogP contribution in [0.5, 0.6) is 0 Å². The van der Waals surface area contributed by atoms with E-state index < -0.39 is 0 Å². The minimum atomic E-state index is -0.185. The van der Waals surface area contributed by atoms with Gasteiger partial charge in [-0.3, -0.25) is 24.5 Å². The van der Waals surface area contributed by atoms with Crippen molar-refractivity contribution in [1.29, 1.82) is 0 Å². The van der Waals surface area contributed by atoms with Crippen LogP contribution in [0.15, 0.2) is 48.8 Å². The van der Waals surface area contributed by atoms with Gasteiger partial charge >= 0.3 is 0 Å². The summed E-state index contributed by atoms with van der Waals surface area (Å²) in [6.45, 7) is 5.03. The zero-order valence-electron chi connectivity index (χ0n) is 18.0. The Labute approximate surface area is 185 Å². The average Bonchev–Trinajstić information content (AvgIpc) is 3.30. The predicted molar refractivity (Wildman–Crippen MR) is 119 cm³/mol. The van der Waals surface area contributed by atoms with Crippen molar-refractivity contribution in [3.05, 3.63) is 65.6 Å². The van der Waals surface area contributed by atoms with E-state index in [-0.39, 0.29) is 17.7 Å². The van der Waals surface area contributed by atoms with E-state index in [4.69, 9.17) is 0 Å². The van der Waals surface area contributed by atoms with Gasteiger partial charge in [0.2, 0.25) is 5.91 Å². The third-order valence-corrected chi connectivity index (χ3v) is 5.43. The molecule has 3 aromatic rings. The first-order valence-electron chi connectivity index (χ1n) is 10.3. The zero-order valence-corrected chi connectivity index (χ0v) is 18.0. The van der Waals surface area contributed by atoms with Crippen LogP contribution in [0.3, 0.4) is 0 Å². The molecule has 164 valence electrons. The van der Waals surface area contributed by atoms with E-state index >= 15 is 0 Å². The Kier molecular flexibility index (Phi) is 5.98. The van der Waals surface area contributed by atoms with Crippen molar-refractivity contribution in [3.63, 3.8) is 0 Å². The van der Waals surface area contributed by atoms with Gasteiger partial charge in [-0.25, -0.2) is 0 Å². The molecule has 3 heterocycles. The van der Waals surface area contributed by atoms with Gasteiger partial charge in [0.05, 0.1) is 5.69 Å². The summed E-state index contributed by atoms with van der Waals surface area (Å²) in [6, 6.07) is 10.7. The summed E-state index contributed by atoms with van der Waals surface area (Å²) in [5.41, 5.74) is 3.99. The lowest BCUT2D eigenvalue weighted by molar-refractivity contribution is -0.114. The minimum Gasteiger partial charge on any atom is -0.335 e. The first kappa shape index (κ1) is 21.2. The maximum absolute atomic E-state index is 12.9. The number of nitrogens with one attached hydrogen (secondary N) is 2. The number of aromatic nitrogens is 3. The Morgan fingerprint density at radius 3 is 2.25 bits per heavy atom. The number of aryl methyl sites for hydroxylation is 1. The molecule has 1 saturated heterocycles. The van der Waals surface area contributed by atoms with Crippen LogP contribution in [0.4, 0.5) is 5.69 Å². The molecule has 0 bridgehead atoms. The first-order chi connectivity index (χ1) is 15.4. The van der Waals surface area contributed by atoms with Crippen molar-refractivity contribution < 1.29 is 14.4 Å². The number of H-pyrrole nitrogens is 1. The molecule has 0 radical (unpaired) electrons. The van der Waals surface area contributed by atoms with Crippen LogP contribution in [-0.4, -0.2) is 68.9 Å². The highest BCUT2D eigenvalue weighted by Crippen LogP contribution is 2.20. The van der Waals surface area contributed by atoms with E-state index in [9.17, 15) is 14.4 Å². The number of nitrogens with zero attached hydrogens (tertiary/aromatic N) is 4. The van der Waals surface area contributed by atoms with Gasteiger partial charge in [-0.05, 0) is 42.8 Å². The number of hydrogen-bond acceptors (Lipinski definition) is 5. The lowest BCUT2D eigenvalue weighted by atomic mass is 10.1. The van der Waals surface area contributed by atoms with Gasteiger partial charge in [-0.2, -0.15) is 5.10 Å². The third-order valence-electron chi connectivity index (χ3n) is 5.43. The van der Waals surface area contributed by atoms with Crippen LogP contribution < -0.4 is 5.32 Å². The molecule has 0 atom stereocenters. The fourth-order valence-corrected chi connectivity index (χ4v) is 3.65. The summed E-state index contributed by atoms with van der Waals surface area (Å²) in [6.07, 6.45) is 3.35. The Balaban J connectivity index is 1.39. The van der Waals surface area contributed by atoms with Gasteiger partial charge in [0.1, 0.15) is 5.69 Å². The molecule has 0 unspecified atom stereocenters. The van der Waals surface area contributed by atoms with E-state index in [1.807, 2.05) is 25.1 Å². The van der Waals surface area contributed by atoms with Gasteiger partial charge in [-0.15, -0.1) is 0 Å². The number of rotatable bonds is 4. The van der Waals surface area contributed by atoms with Gasteiger partial charge in [-0.1, -0.05) is 6.07 Å². The van der Waals surface area contributed by atoms with Crippen LogP contribution in [0.2, 0.25) is 0 Å². The van der Waals surface area contributed by atoms with Gasteiger partial charge < -0.3 is 15.1 Å². The molecular weight excluding hydrogens is 408 g/mol. The van der Waals surface area contributed by atoms with E-state index in [0.717, 1.165) is 11.1 Å². The summed E-state index contributed by atoms with van der Waals surface area (Å²) in [4.78, 5) is 44.6. The number of piperazine rings is 1. The van der Waals surface area contributed by atoms with Crippen molar-refractivity contribution in [1.82, 2.24) is 25.0 Å². The second-order valence-electron chi connectivity index (χ2n) is 7.70. The fraction of sp³-hybridized carbons (Fsp3) is 0.261. The summed E-state index contributed by atoms with van der Waals surface area (Å²) < 4.78 is 0. The number of carbonyl (C=O) groups excluding carboxylic acids is 3. The standard InChI is InChI=1S/C23H24N6O3/c1-15-3-4-18(13-19(15)25-16(2)30)22(31)28-9-11-29(12-10-28)23(32)21-14-20(26-27-21)17-5-7-24-8-6-17/h3-8,13-14H,9-12H2,1-2H3,(H,25,30)(H,26,27). The number of pyridine rings is 1. The topological polar surface area (TPSA) is 111 Å². The van der Waals surface area contributed by atoms with E-state index in [0.29, 0.717) is 48.8 Å². The van der Waals surface area contributed by atoms with Crippen molar-refractivity contribution in [2.45, 2.75) is 13.8 Å².